The average molecular weight is 932 g/mol. The smallest absolute Gasteiger partial charge is 0.238 e. The lowest BCUT2D eigenvalue weighted by molar-refractivity contribution is 0.590. The Bertz CT molecular complexity index is 3700. The van der Waals surface area contributed by atoms with Gasteiger partial charge in [-0.3, -0.25) is 4.57 Å². The van der Waals surface area contributed by atoms with E-state index in [1.165, 1.54) is 61.2 Å². The quantitative estimate of drug-likeness (QED) is 0.167. The fourth-order valence-electron chi connectivity index (χ4n) is 12.0. The topological polar surface area (TPSA) is 46.8 Å². The zero-order valence-corrected chi connectivity index (χ0v) is 42.1. The van der Waals surface area contributed by atoms with E-state index in [1.54, 1.807) is 0 Å². The van der Waals surface area contributed by atoms with Crippen LogP contribution in [0.3, 0.4) is 0 Å². The summed E-state index contributed by atoms with van der Waals surface area (Å²) in [5.41, 5.74) is 20.6. The van der Waals surface area contributed by atoms with Crippen molar-refractivity contribution in [3.8, 4) is 51.1 Å². The molecule has 10 aromatic rings. The van der Waals surface area contributed by atoms with Crippen LogP contribution in [0, 0.1) is 5.92 Å². The van der Waals surface area contributed by atoms with Gasteiger partial charge < -0.3 is 4.90 Å². The normalized spacial score (nSPS) is 15.0. The molecule has 1 spiro atoms. The molecule has 3 aliphatic rings. The van der Waals surface area contributed by atoms with Crippen LogP contribution in [0.5, 0.6) is 0 Å². The van der Waals surface area contributed by atoms with E-state index in [4.69, 9.17) is 15.0 Å². The molecule has 0 aliphatic heterocycles. The molecule has 1 unspecified atom stereocenters. The lowest BCUT2D eigenvalue weighted by Gasteiger charge is -2.31. The van der Waals surface area contributed by atoms with Gasteiger partial charge in [-0.25, -0.2) is 4.98 Å². The molecule has 8 aromatic carbocycles. The summed E-state index contributed by atoms with van der Waals surface area (Å²) in [7, 11) is 0. The van der Waals surface area contributed by atoms with Gasteiger partial charge in [-0.1, -0.05) is 200 Å². The Morgan fingerprint density at radius 2 is 1.04 bits per heavy atom. The number of nitrogens with zero attached hydrogens (tertiary/aromatic N) is 5. The van der Waals surface area contributed by atoms with E-state index in [-0.39, 0.29) is 10.8 Å². The maximum atomic E-state index is 5.56. The monoisotopic (exact) mass is 931 g/mol. The van der Waals surface area contributed by atoms with E-state index in [2.05, 4.69) is 252 Å². The molecule has 2 heterocycles. The molecule has 0 bridgehead atoms. The minimum Gasteiger partial charge on any atom is -0.310 e. The van der Waals surface area contributed by atoms with Gasteiger partial charge in [-0.05, 0) is 122 Å². The lowest BCUT2D eigenvalue weighted by Crippen LogP contribution is -2.25. The van der Waals surface area contributed by atoms with Gasteiger partial charge in [0.15, 0.2) is 11.6 Å². The van der Waals surface area contributed by atoms with Crippen LogP contribution in [0.15, 0.2) is 194 Å². The molecule has 3 aliphatic carbocycles. The summed E-state index contributed by atoms with van der Waals surface area (Å²) in [5, 5.41) is 1.14. The molecular formula is C67H57N5. The minimum atomic E-state index is -0.629. The summed E-state index contributed by atoms with van der Waals surface area (Å²) in [5.74, 6) is 2.33. The average Bonchev–Trinajstić information content (AvgIpc) is 4.00. The van der Waals surface area contributed by atoms with E-state index in [9.17, 15) is 0 Å². The van der Waals surface area contributed by atoms with Crippen molar-refractivity contribution >= 4 is 34.0 Å². The second-order valence-corrected chi connectivity index (χ2v) is 22.2. The molecule has 0 N–H and O–H groups in total. The van der Waals surface area contributed by atoms with E-state index >= 15 is 0 Å². The lowest BCUT2D eigenvalue weighted by atomic mass is 9.70. The summed E-state index contributed by atoms with van der Waals surface area (Å²) >= 11 is 0. The van der Waals surface area contributed by atoms with Crippen LogP contribution in [0.2, 0.25) is 0 Å². The van der Waals surface area contributed by atoms with Crippen molar-refractivity contribution in [1.29, 1.82) is 0 Å². The van der Waals surface area contributed by atoms with Crippen molar-refractivity contribution in [2.45, 2.75) is 71.1 Å². The summed E-state index contributed by atoms with van der Waals surface area (Å²) in [6.45, 7) is 15.9. The third-order valence-electron chi connectivity index (χ3n) is 15.5. The summed E-state index contributed by atoms with van der Waals surface area (Å²) in [4.78, 5) is 18.8. The Labute approximate surface area is 423 Å². The zero-order valence-electron chi connectivity index (χ0n) is 42.1. The fraction of sp³-hybridized carbons (Fsp3) is 0.179. The first-order valence-electron chi connectivity index (χ1n) is 25.5. The largest absolute Gasteiger partial charge is 0.310 e. The van der Waals surface area contributed by atoms with Gasteiger partial charge in [-0.15, -0.1) is 0 Å². The third-order valence-corrected chi connectivity index (χ3v) is 15.5. The van der Waals surface area contributed by atoms with Gasteiger partial charge in [0.2, 0.25) is 5.95 Å². The second kappa shape index (κ2) is 16.2. The van der Waals surface area contributed by atoms with Crippen molar-refractivity contribution in [3.63, 3.8) is 0 Å². The first-order chi connectivity index (χ1) is 34.9. The minimum absolute atomic E-state index is 0.0163. The van der Waals surface area contributed by atoms with Gasteiger partial charge in [0.05, 0.1) is 16.6 Å². The molecule has 0 saturated heterocycles. The standard InChI is InChI=1S/C67H57N5/c1-42-25-26-43-27-28-45(40-46(43)39-42)63-68-62(44-17-9-8-10-18-44)69-64(70-63)72-59-38-37-51(71(49-33-29-47(30-34-49)65(2,3)4)50-35-31-48(32-36-50)66(5,6)7)41-55(59)60-61(72)54-21-13-16-24-58(54)67(60)56-22-14-11-19-52(56)53-20-12-15-23-57(53)67/h8-38,40-42H,39H2,1-7H3. The molecule has 1 atom stereocenters. The van der Waals surface area contributed by atoms with Crippen molar-refractivity contribution < 1.29 is 0 Å². The molecule has 0 amide bonds. The van der Waals surface area contributed by atoms with E-state index in [1.807, 2.05) is 6.07 Å². The van der Waals surface area contributed by atoms with Crippen molar-refractivity contribution in [2.75, 3.05) is 4.90 Å². The Balaban J connectivity index is 1.13. The molecule has 0 radical (unpaired) electrons. The Morgan fingerprint density at radius 1 is 0.514 bits per heavy atom. The van der Waals surface area contributed by atoms with Crippen LogP contribution in [0.4, 0.5) is 17.1 Å². The van der Waals surface area contributed by atoms with Crippen LogP contribution in [-0.4, -0.2) is 19.5 Å². The number of rotatable bonds is 6. The molecule has 350 valence electrons. The van der Waals surface area contributed by atoms with E-state index in [0.29, 0.717) is 23.5 Å². The van der Waals surface area contributed by atoms with Crippen LogP contribution >= 0.6 is 0 Å². The zero-order chi connectivity index (χ0) is 49.1. The van der Waals surface area contributed by atoms with Gasteiger partial charge in [0.25, 0.3) is 0 Å². The Kier molecular flexibility index (Phi) is 9.86. The maximum Gasteiger partial charge on any atom is 0.238 e. The van der Waals surface area contributed by atoms with Gasteiger partial charge in [-0.2, -0.15) is 9.97 Å². The molecule has 5 nitrogen and oxygen atoms in total. The molecule has 13 rings (SSSR count). The Morgan fingerprint density at radius 3 is 1.64 bits per heavy atom. The molecule has 2 aromatic heterocycles. The Hall–Kier alpha value is -8.15. The number of hydrogen-bond acceptors (Lipinski definition) is 4. The van der Waals surface area contributed by atoms with Crippen LogP contribution in [-0.2, 0) is 22.7 Å². The first-order valence-corrected chi connectivity index (χ1v) is 25.5. The molecule has 72 heavy (non-hydrogen) atoms. The number of hydrogen-bond donors (Lipinski definition) is 0. The van der Waals surface area contributed by atoms with Crippen molar-refractivity contribution in [3.05, 3.63) is 239 Å². The highest BCUT2D eigenvalue weighted by atomic mass is 15.2. The number of benzene rings is 8. The maximum absolute atomic E-state index is 5.56. The predicted octanol–water partition coefficient (Wildman–Crippen LogP) is 16.8. The highest BCUT2D eigenvalue weighted by molar-refractivity contribution is 6.06. The first kappa shape index (κ1) is 43.8. The van der Waals surface area contributed by atoms with Crippen LogP contribution in [0.1, 0.15) is 93.0 Å². The highest BCUT2D eigenvalue weighted by Crippen LogP contribution is 2.65. The highest BCUT2D eigenvalue weighted by Gasteiger charge is 2.54. The number of allylic oxidation sites excluding steroid dienone is 1. The summed E-state index contributed by atoms with van der Waals surface area (Å²) in [6.07, 6.45) is 5.53. The van der Waals surface area contributed by atoms with E-state index in [0.717, 1.165) is 51.2 Å². The van der Waals surface area contributed by atoms with E-state index < -0.39 is 5.41 Å². The SMILES string of the molecule is CC1C=Cc2ccc(-c3nc(-c4ccccc4)nc(-n4c5c(c6cc(N(c7ccc(C(C)(C)C)cc7)c7ccc(C(C)(C)C)cc7)ccc64)C4(c6ccccc6-c6ccccc64)c4ccccc4-5)n3)cc2C1. The number of anilines is 3. The summed E-state index contributed by atoms with van der Waals surface area (Å²) < 4.78 is 2.35. The third kappa shape index (κ3) is 6.78. The van der Waals surface area contributed by atoms with Crippen molar-refractivity contribution in [1.82, 2.24) is 19.5 Å². The predicted molar refractivity (Wildman–Crippen MR) is 298 cm³/mol. The number of aromatic nitrogens is 4. The molecule has 5 heteroatoms. The van der Waals surface area contributed by atoms with Gasteiger partial charge in [0.1, 0.15) is 0 Å². The molecule has 0 fully saturated rings. The molecule has 0 saturated carbocycles. The fourth-order valence-corrected chi connectivity index (χ4v) is 12.0. The van der Waals surface area contributed by atoms with Crippen LogP contribution < -0.4 is 4.90 Å². The number of fused-ring (bicyclic) bond motifs is 13. The summed E-state index contributed by atoms with van der Waals surface area (Å²) in [6, 6.07) is 69.5. The second-order valence-electron chi connectivity index (χ2n) is 22.2. The molecular weight excluding hydrogens is 875 g/mol. The van der Waals surface area contributed by atoms with Gasteiger partial charge in [0, 0.05) is 44.7 Å². The van der Waals surface area contributed by atoms with Gasteiger partial charge >= 0.3 is 0 Å². The van der Waals surface area contributed by atoms with Crippen molar-refractivity contribution in [2.24, 2.45) is 5.92 Å². The van der Waals surface area contributed by atoms with Crippen LogP contribution in [0.25, 0.3) is 68.1 Å².